The molecule has 0 bridgehead atoms. The van der Waals surface area contributed by atoms with E-state index < -0.39 is 0 Å². The minimum Gasteiger partial charge on any atom is -0.334 e. The van der Waals surface area contributed by atoms with Crippen molar-refractivity contribution in [3.05, 3.63) is 28.5 Å². The average molecular weight is 313 g/mol. The Morgan fingerprint density at radius 2 is 2.15 bits per heavy atom. The molecule has 3 nitrogen and oxygen atoms in total. The summed E-state index contributed by atoms with van der Waals surface area (Å²) in [5, 5.41) is 0.389. The van der Waals surface area contributed by atoms with Crippen molar-refractivity contribution >= 4 is 29.3 Å². The van der Waals surface area contributed by atoms with E-state index in [9.17, 15) is 4.79 Å². The van der Waals surface area contributed by atoms with Crippen molar-refractivity contribution in [3.63, 3.8) is 0 Å². The lowest BCUT2D eigenvalue weighted by molar-refractivity contribution is 0.0715. The second kappa shape index (κ2) is 5.94. The molecule has 1 atom stereocenters. The first-order valence-electron chi connectivity index (χ1n) is 6.86. The van der Waals surface area contributed by atoms with E-state index in [1.807, 2.05) is 22.7 Å². The molecule has 5 heteroatoms. The number of thioether (sulfide) groups is 1. The summed E-state index contributed by atoms with van der Waals surface area (Å²) >= 11 is 7.99. The summed E-state index contributed by atoms with van der Waals surface area (Å²) < 4.78 is 0. The Morgan fingerprint density at radius 3 is 2.75 bits per heavy atom. The van der Waals surface area contributed by atoms with Gasteiger partial charge in [-0.1, -0.05) is 32.4 Å². The van der Waals surface area contributed by atoms with Crippen LogP contribution in [0.3, 0.4) is 0 Å². The topological polar surface area (TPSA) is 33.2 Å². The molecule has 1 amide bonds. The molecule has 20 heavy (non-hydrogen) atoms. The minimum absolute atomic E-state index is 0.0626. The summed E-state index contributed by atoms with van der Waals surface area (Å²) in [5.74, 6) is 2.06. The lowest BCUT2D eigenvalue weighted by atomic mass is 9.90. The van der Waals surface area contributed by atoms with Crippen molar-refractivity contribution in [2.45, 2.75) is 39.2 Å². The Balaban J connectivity index is 2.32. The van der Waals surface area contributed by atoms with Crippen molar-refractivity contribution in [2.75, 3.05) is 18.1 Å². The lowest BCUT2D eigenvalue weighted by Gasteiger charge is -2.33. The Morgan fingerprint density at radius 1 is 1.45 bits per heavy atom. The maximum Gasteiger partial charge on any atom is 0.254 e. The molecule has 110 valence electrons. The maximum absolute atomic E-state index is 12.7. The predicted octanol–water partition coefficient (Wildman–Crippen LogP) is 3.61. The van der Waals surface area contributed by atoms with E-state index in [2.05, 4.69) is 32.7 Å². The first kappa shape index (κ1) is 15.6. The number of rotatable bonds is 1. The molecular formula is C15H21ClN2OS. The van der Waals surface area contributed by atoms with Crippen LogP contribution < -0.4 is 0 Å². The molecule has 1 unspecified atom stereocenters. The molecule has 1 aromatic rings. The van der Waals surface area contributed by atoms with Crippen molar-refractivity contribution in [2.24, 2.45) is 0 Å². The van der Waals surface area contributed by atoms with Crippen LogP contribution in [0.1, 0.15) is 43.7 Å². The van der Waals surface area contributed by atoms with Crippen molar-refractivity contribution < 1.29 is 4.79 Å². The zero-order chi connectivity index (χ0) is 14.9. The number of nitrogens with zero attached hydrogens (tertiary/aromatic N) is 2. The minimum atomic E-state index is -0.122. The van der Waals surface area contributed by atoms with Gasteiger partial charge in [-0.25, -0.2) is 4.98 Å². The fourth-order valence-electron chi connectivity index (χ4n) is 2.20. The zero-order valence-electron chi connectivity index (χ0n) is 12.4. The number of halogens is 1. The fraction of sp³-hybridized carbons (Fsp3) is 0.600. The second-order valence-corrected chi connectivity index (χ2v) is 7.77. The highest BCUT2D eigenvalue weighted by Gasteiger charge is 2.26. The summed E-state index contributed by atoms with van der Waals surface area (Å²) in [6.07, 6.45) is 0. The fourth-order valence-corrected chi connectivity index (χ4v) is 3.42. The molecule has 0 saturated carbocycles. The first-order chi connectivity index (χ1) is 9.29. The average Bonchev–Trinajstić information content (AvgIpc) is 2.37. The molecule has 1 aliphatic rings. The van der Waals surface area contributed by atoms with Gasteiger partial charge in [0.15, 0.2) is 0 Å². The Bertz CT molecular complexity index is 513. The smallest absolute Gasteiger partial charge is 0.254 e. The van der Waals surface area contributed by atoms with E-state index in [0.717, 1.165) is 23.7 Å². The normalized spacial score (nSPS) is 20.1. The molecule has 0 aromatic carbocycles. The van der Waals surface area contributed by atoms with Crippen molar-refractivity contribution in [3.8, 4) is 0 Å². The molecule has 0 spiro atoms. The molecule has 2 rings (SSSR count). The van der Waals surface area contributed by atoms with Gasteiger partial charge in [0.05, 0.1) is 0 Å². The van der Waals surface area contributed by atoms with Crippen LogP contribution in [0.15, 0.2) is 12.1 Å². The van der Waals surface area contributed by atoms with Gasteiger partial charge in [0.2, 0.25) is 0 Å². The van der Waals surface area contributed by atoms with Gasteiger partial charge < -0.3 is 4.90 Å². The third-order valence-electron chi connectivity index (χ3n) is 3.44. The van der Waals surface area contributed by atoms with E-state index >= 15 is 0 Å². The number of aromatic nitrogens is 1. The highest BCUT2D eigenvalue weighted by Crippen LogP contribution is 2.25. The molecule has 1 saturated heterocycles. The molecule has 1 aliphatic heterocycles. The first-order valence-corrected chi connectivity index (χ1v) is 8.39. The number of hydrogen-bond acceptors (Lipinski definition) is 3. The molecular weight excluding hydrogens is 292 g/mol. The summed E-state index contributed by atoms with van der Waals surface area (Å²) in [7, 11) is 0. The highest BCUT2D eigenvalue weighted by atomic mass is 35.5. The van der Waals surface area contributed by atoms with Gasteiger partial charge in [-0.3, -0.25) is 4.79 Å². The van der Waals surface area contributed by atoms with Crippen LogP contribution in [0.5, 0.6) is 0 Å². The van der Waals surface area contributed by atoms with Gasteiger partial charge >= 0.3 is 0 Å². The highest BCUT2D eigenvalue weighted by molar-refractivity contribution is 7.99. The predicted molar refractivity (Wildman–Crippen MR) is 85.8 cm³/mol. The van der Waals surface area contributed by atoms with E-state index in [-0.39, 0.29) is 17.4 Å². The SMILES string of the molecule is CC1CSCCN1C(=O)c1cc(Cl)nc(C(C)(C)C)c1. The van der Waals surface area contributed by atoms with Crippen molar-refractivity contribution in [1.82, 2.24) is 9.88 Å². The summed E-state index contributed by atoms with van der Waals surface area (Å²) in [5.41, 5.74) is 1.38. The van der Waals surface area contributed by atoms with Gasteiger partial charge in [0, 0.05) is 40.8 Å². The summed E-state index contributed by atoms with van der Waals surface area (Å²) in [4.78, 5) is 19.0. The largest absolute Gasteiger partial charge is 0.334 e. The summed E-state index contributed by atoms with van der Waals surface area (Å²) in [6, 6.07) is 3.82. The number of carbonyl (C=O) groups is 1. The Labute approximate surface area is 130 Å². The molecule has 1 fully saturated rings. The number of carbonyl (C=O) groups excluding carboxylic acids is 1. The van der Waals surface area contributed by atoms with Crippen LogP contribution in [0.4, 0.5) is 0 Å². The monoisotopic (exact) mass is 312 g/mol. The van der Waals surface area contributed by atoms with Gasteiger partial charge in [-0.15, -0.1) is 0 Å². The third kappa shape index (κ3) is 3.47. The lowest BCUT2D eigenvalue weighted by Crippen LogP contribution is -2.44. The number of amides is 1. The van der Waals surface area contributed by atoms with E-state index in [1.54, 1.807) is 6.07 Å². The van der Waals surface area contributed by atoms with Crippen LogP contribution in [0.2, 0.25) is 5.15 Å². The van der Waals surface area contributed by atoms with Crippen molar-refractivity contribution in [1.29, 1.82) is 0 Å². The van der Waals surface area contributed by atoms with Gasteiger partial charge in [0.25, 0.3) is 5.91 Å². The third-order valence-corrected chi connectivity index (χ3v) is 4.82. The van der Waals surface area contributed by atoms with Gasteiger partial charge in [-0.05, 0) is 19.1 Å². The van der Waals surface area contributed by atoms with Crippen LogP contribution in [-0.4, -0.2) is 39.9 Å². The molecule has 2 heterocycles. The number of pyridine rings is 1. The van der Waals surface area contributed by atoms with Crippen LogP contribution in [0, 0.1) is 0 Å². The second-order valence-electron chi connectivity index (χ2n) is 6.24. The van der Waals surface area contributed by atoms with E-state index in [1.165, 1.54) is 0 Å². The molecule has 0 aliphatic carbocycles. The quantitative estimate of drug-likeness (QED) is 0.743. The van der Waals surface area contributed by atoms with Crippen LogP contribution >= 0.6 is 23.4 Å². The Hall–Kier alpha value is -0.740. The van der Waals surface area contributed by atoms with Crippen LogP contribution in [-0.2, 0) is 5.41 Å². The standard InChI is InChI=1S/C15H21ClN2OS/c1-10-9-20-6-5-18(10)14(19)11-7-12(15(2,3)4)17-13(16)8-11/h7-8,10H,5-6,9H2,1-4H3. The van der Waals surface area contributed by atoms with Crippen LogP contribution in [0.25, 0.3) is 0 Å². The van der Waals surface area contributed by atoms with E-state index in [4.69, 9.17) is 11.6 Å². The number of hydrogen-bond donors (Lipinski definition) is 0. The molecule has 0 N–H and O–H groups in total. The molecule has 0 radical (unpaired) electrons. The van der Waals surface area contributed by atoms with Gasteiger partial charge in [-0.2, -0.15) is 11.8 Å². The van der Waals surface area contributed by atoms with Gasteiger partial charge in [0.1, 0.15) is 5.15 Å². The zero-order valence-corrected chi connectivity index (χ0v) is 14.0. The maximum atomic E-state index is 12.7. The molecule has 1 aromatic heterocycles. The van der Waals surface area contributed by atoms with E-state index in [0.29, 0.717) is 10.7 Å². The Kier molecular flexibility index (Phi) is 4.65. The summed E-state index contributed by atoms with van der Waals surface area (Å²) in [6.45, 7) is 9.10.